The smallest absolute Gasteiger partial charge is 0.230 e. The monoisotopic (exact) mass is 420 g/mol. The second-order valence-electron chi connectivity index (χ2n) is 9.14. The maximum Gasteiger partial charge on any atom is 0.230 e. The van der Waals surface area contributed by atoms with E-state index in [0.29, 0.717) is 19.6 Å². The Morgan fingerprint density at radius 1 is 1.39 bits per heavy atom. The molecule has 7 heteroatoms. The minimum atomic E-state index is -0.675. The summed E-state index contributed by atoms with van der Waals surface area (Å²) in [7, 11) is 1.80. The molecule has 3 aliphatic rings. The second kappa shape index (κ2) is 7.34. The zero-order valence-corrected chi connectivity index (χ0v) is 18.2. The van der Waals surface area contributed by atoms with Crippen molar-refractivity contribution in [3.8, 4) is 0 Å². The normalized spacial score (nSPS) is 28.4. The summed E-state index contributed by atoms with van der Waals surface area (Å²) in [4.78, 5) is 30.4. The molecule has 3 aliphatic heterocycles. The van der Waals surface area contributed by atoms with Crippen LogP contribution in [0, 0.1) is 25.7 Å². The summed E-state index contributed by atoms with van der Waals surface area (Å²) in [6.07, 6.45) is 7.98. The molecule has 2 aromatic rings. The van der Waals surface area contributed by atoms with Crippen molar-refractivity contribution in [1.29, 1.82) is 0 Å². The number of carbonyl (C=O) groups is 2. The molecule has 2 fully saturated rings. The lowest BCUT2D eigenvalue weighted by atomic mass is 9.76. The first-order valence-corrected chi connectivity index (χ1v) is 10.8. The average Bonchev–Trinajstić information content (AvgIpc) is 3.51. The lowest BCUT2D eigenvalue weighted by Gasteiger charge is -2.27. The van der Waals surface area contributed by atoms with E-state index in [4.69, 9.17) is 4.74 Å². The SMILES string of the molecule is Cc1ccc(C)c(CN2C[C@]34C=C[C@H](O3)[C@@H](C(=O)N(C)CCc3cn[nH]c3)[C@@H]4C2=O)c1. The van der Waals surface area contributed by atoms with Crippen LogP contribution in [0.5, 0.6) is 0 Å². The maximum absolute atomic E-state index is 13.5. The Hall–Kier alpha value is -2.93. The van der Waals surface area contributed by atoms with Crippen molar-refractivity contribution in [3.63, 3.8) is 0 Å². The Kier molecular flexibility index (Phi) is 4.73. The number of carbonyl (C=O) groups excluding carboxylic acids is 2. The Morgan fingerprint density at radius 3 is 3.00 bits per heavy atom. The number of ether oxygens (including phenoxy) is 1. The second-order valence-corrected chi connectivity index (χ2v) is 9.14. The highest BCUT2D eigenvalue weighted by atomic mass is 16.5. The molecule has 4 heterocycles. The molecule has 5 rings (SSSR count). The molecule has 4 atom stereocenters. The van der Waals surface area contributed by atoms with E-state index in [-0.39, 0.29) is 17.9 Å². The van der Waals surface area contributed by atoms with Gasteiger partial charge in [0.1, 0.15) is 5.60 Å². The number of aromatic nitrogens is 2. The standard InChI is InChI=1S/C24H28N4O3/c1-15-4-5-16(2)18(10-15)13-28-14-24-8-6-19(31-24)20(21(24)23(28)30)22(29)27(3)9-7-17-11-25-26-12-17/h4-6,8,10-12,19-21H,7,9,13-14H2,1-3H3,(H,25,26)/t19-,20+,21+,24-/m0/s1. The van der Waals surface area contributed by atoms with Crippen LogP contribution >= 0.6 is 0 Å². The van der Waals surface area contributed by atoms with Crippen LogP contribution in [0.4, 0.5) is 0 Å². The number of aryl methyl sites for hydroxylation is 2. The zero-order valence-electron chi connectivity index (χ0n) is 18.2. The molecular formula is C24H28N4O3. The molecule has 2 bridgehead atoms. The molecule has 0 unspecified atom stereocenters. The molecule has 1 aromatic heterocycles. The van der Waals surface area contributed by atoms with Crippen LogP contribution in [0.25, 0.3) is 0 Å². The van der Waals surface area contributed by atoms with Crippen LogP contribution in [-0.2, 0) is 27.3 Å². The number of amides is 2. The maximum atomic E-state index is 13.5. The molecule has 7 nitrogen and oxygen atoms in total. The van der Waals surface area contributed by atoms with Gasteiger partial charge in [-0.2, -0.15) is 5.10 Å². The molecule has 0 aliphatic carbocycles. The molecule has 1 N–H and O–H groups in total. The minimum Gasteiger partial charge on any atom is -0.360 e. The van der Waals surface area contributed by atoms with Gasteiger partial charge >= 0.3 is 0 Å². The third-order valence-corrected chi connectivity index (χ3v) is 7.00. The number of likely N-dealkylation sites (N-methyl/N-ethyl adjacent to an activating group) is 1. The highest BCUT2D eigenvalue weighted by molar-refractivity contribution is 5.93. The number of likely N-dealkylation sites (tertiary alicyclic amines) is 1. The molecule has 0 saturated carbocycles. The number of hydrogen-bond acceptors (Lipinski definition) is 4. The number of hydrogen-bond donors (Lipinski definition) is 1. The molecule has 1 aromatic carbocycles. The summed E-state index contributed by atoms with van der Waals surface area (Å²) in [5.74, 6) is -0.909. The Morgan fingerprint density at radius 2 is 2.23 bits per heavy atom. The zero-order chi connectivity index (χ0) is 21.8. The van der Waals surface area contributed by atoms with Crippen molar-refractivity contribution >= 4 is 11.8 Å². The first kappa shape index (κ1) is 20.0. The average molecular weight is 421 g/mol. The number of rotatable bonds is 6. The summed E-state index contributed by atoms with van der Waals surface area (Å²) in [5, 5.41) is 6.75. The van der Waals surface area contributed by atoms with E-state index in [2.05, 4.69) is 42.2 Å². The van der Waals surface area contributed by atoms with Crippen LogP contribution in [0.3, 0.4) is 0 Å². The number of benzene rings is 1. The summed E-state index contributed by atoms with van der Waals surface area (Å²) >= 11 is 0. The van der Waals surface area contributed by atoms with Gasteiger partial charge in [0.2, 0.25) is 11.8 Å². The van der Waals surface area contributed by atoms with Crippen LogP contribution in [-0.4, -0.2) is 63.7 Å². The van der Waals surface area contributed by atoms with E-state index >= 15 is 0 Å². The number of nitrogens with zero attached hydrogens (tertiary/aromatic N) is 3. The predicted molar refractivity (Wildman–Crippen MR) is 115 cm³/mol. The topological polar surface area (TPSA) is 78.5 Å². The van der Waals surface area contributed by atoms with Gasteiger partial charge in [0.15, 0.2) is 0 Å². The van der Waals surface area contributed by atoms with Crippen molar-refractivity contribution < 1.29 is 14.3 Å². The van der Waals surface area contributed by atoms with E-state index in [0.717, 1.165) is 17.5 Å². The highest BCUT2D eigenvalue weighted by Gasteiger charge is 2.67. The number of aromatic amines is 1. The number of H-pyrrole nitrogens is 1. The van der Waals surface area contributed by atoms with Crippen LogP contribution in [0.1, 0.15) is 22.3 Å². The molecule has 0 radical (unpaired) electrons. The van der Waals surface area contributed by atoms with Crippen molar-refractivity contribution in [3.05, 3.63) is 65.0 Å². The first-order valence-electron chi connectivity index (χ1n) is 10.8. The molecular weight excluding hydrogens is 392 g/mol. The van der Waals surface area contributed by atoms with Crippen molar-refractivity contribution in [2.24, 2.45) is 11.8 Å². The van der Waals surface area contributed by atoms with E-state index in [9.17, 15) is 9.59 Å². The lowest BCUT2D eigenvalue weighted by Crippen LogP contribution is -2.45. The summed E-state index contributed by atoms with van der Waals surface area (Å²) in [5.41, 5.74) is 3.86. The Labute approximate surface area is 182 Å². The van der Waals surface area contributed by atoms with E-state index in [1.807, 2.05) is 23.2 Å². The fraction of sp³-hybridized carbons (Fsp3) is 0.458. The summed E-state index contributed by atoms with van der Waals surface area (Å²) in [6, 6.07) is 6.31. The fourth-order valence-electron chi connectivity index (χ4n) is 5.25. The summed E-state index contributed by atoms with van der Waals surface area (Å²) in [6.45, 7) is 5.75. The minimum absolute atomic E-state index is 0.0216. The van der Waals surface area contributed by atoms with Crippen molar-refractivity contribution in [1.82, 2.24) is 20.0 Å². The number of nitrogens with one attached hydrogen (secondary N) is 1. The summed E-state index contributed by atoms with van der Waals surface area (Å²) < 4.78 is 6.27. The van der Waals surface area contributed by atoms with Crippen molar-refractivity contribution in [2.75, 3.05) is 20.1 Å². The molecule has 31 heavy (non-hydrogen) atoms. The lowest BCUT2D eigenvalue weighted by molar-refractivity contribution is -0.142. The van der Waals surface area contributed by atoms with Crippen LogP contribution in [0.2, 0.25) is 0 Å². The van der Waals surface area contributed by atoms with Gasteiger partial charge in [-0.1, -0.05) is 35.9 Å². The Balaban J connectivity index is 1.33. The van der Waals surface area contributed by atoms with Gasteiger partial charge in [0, 0.05) is 26.3 Å². The highest BCUT2D eigenvalue weighted by Crippen LogP contribution is 2.52. The van der Waals surface area contributed by atoms with Gasteiger partial charge < -0.3 is 14.5 Å². The third kappa shape index (κ3) is 3.28. The van der Waals surface area contributed by atoms with Gasteiger partial charge in [-0.05, 0) is 37.0 Å². The first-order chi connectivity index (χ1) is 14.9. The van der Waals surface area contributed by atoms with Gasteiger partial charge in [0.25, 0.3) is 0 Å². The van der Waals surface area contributed by atoms with Gasteiger partial charge in [-0.15, -0.1) is 0 Å². The van der Waals surface area contributed by atoms with E-state index in [1.54, 1.807) is 18.1 Å². The molecule has 1 spiro atoms. The molecule has 2 saturated heterocycles. The van der Waals surface area contributed by atoms with E-state index in [1.165, 1.54) is 11.1 Å². The van der Waals surface area contributed by atoms with E-state index < -0.39 is 17.4 Å². The van der Waals surface area contributed by atoms with Crippen LogP contribution < -0.4 is 0 Å². The van der Waals surface area contributed by atoms with Gasteiger partial charge in [-0.25, -0.2) is 0 Å². The van der Waals surface area contributed by atoms with Crippen LogP contribution in [0.15, 0.2) is 42.7 Å². The Bertz CT molecular complexity index is 1050. The fourth-order valence-corrected chi connectivity index (χ4v) is 5.25. The largest absolute Gasteiger partial charge is 0.360 e. The van der Waals surface area contributed by atoms with Gasteiger partial charge in [0.05, 0.1) is 30.7 Å². The molecule has 162 valence electrons. The quantitative estimate of drug-likeness (QED) is 0.725. The van der Waals surface area contributed by atoms with Gasteiger partial charge in [-0.3, -0.25) is 14.7 Å². The third-order valence-electron chi connectivity index (χ3n) is 7.00. The number of fused-ring (bicyclic) bond motifs is 1. The molecule has 2 amide bonds. The predicted octanol–water partition coefficient (Wildman–Crippen LogP) is 2.01. The van der Waals surface area contributed by atoms with Crippen molar-refractivity contribution in [2.45, 2.75) is 38.5 Å².